The number of piperidine rings is 1. The van der Waals surface area contributed by atoms with Gasteiger partial charge in [0.05, 0.1) is 17.5 Å². The van der Waals surface area contributed by atoms with Gasteiger partial charge in [0.25, 0.3) is 0 Å². The van der Waals surface area contributed by atoms with E-state index in [9.17, 15) is 13.2 Å². The first kappa shape index (κ1) is 17.9. The number of hydrogen-bond donors (Lipinski definition) is 1. The van der Waals surface area contributed by atoms with Crippen molar-refractivity contribution in [2.24, 2.45) is 0 Å². The second-order valence-corrected chi connectivity index (χ2v) is 7.79. The Bertz CT molecular complexity index is 620. The summed E-state index contributed by atoms with van der Waals surface area (Å²) in [5.74, 6) is -0.0908. The van der Waals surface area contributed by atoms with Gasteiger partial charge >= 0.3 is 0 Å². The number of nitrogens with zero attached hydrogens (tertiary/aromatic N) is 1. The van der Waals surface area contributed by atoms with Crippen molar-refractivity contribution in [1.29, 1.82) is 0 Å². The Morgan fingerprint density at radius 1 is 1.26 bits per heavy atom. The summed E-state index contributed by atoms with van der Waals surface area (Å²) in [6, 6.07) is 6.21. The molecule has 1 heterocycles. The van der Waals surface area contributed by atoms with E-state index in [0.717, 1.165) is 38.8 Å². The molecule has 1 aliphatic rings. The number of hydrogen-bond acceptors (Lipinski definition) is 5. The van der Waals surface area contributed by atoms with Crippen molar-refractivity contribution in [3.05, 3.63) is 24.3 Å². The molecule has 128 valence electrons. The van der Waals surface area contributed by atoms with Crippen LogP contribution in [-0.4, -0.2) is 57.8 Å². The van der Waals surface area contributed by atoms with Gasteiger partial charge < -0.3 is 10.1 Å². The number of rotatable bonds is 6. The molecule has 0 saturated carbocycles. The first-order valence-electron chi connectivity index (χ1n) is 7.82. The Morgan fingerprint density at radius 2 is 1.87 bits per heavy atom. The van der Waals surface area contributed by atoms with Crippen LogP contribution in [0.4, 0.5) is 5.69 Å². The fraction of sp³-hybridized carbons (Fsp3) is 0.562. The molecule has 23 heavy (non-hydrogen) atoms. The number of benzene rings is 1. The molecule has 1 fully saturated rings. The zero-order valence-corrected chi connectivity index (χ0v) is 14.4. The number of carbonyl (C=O) groups is 1. The Balaban J connectivity index is 1.81. The third-order valence-electron chi connectivity index (χ3n) is 3.87. The van der Waals surface area contributed by atoms with Crippen molar-refractivity contribution < 1.29 is 17.9 Å². The van der Waals surface area contributed by atoms with Crippen molar-refractivity contribution in [3.8, 4) is 0 Å². The van der Waals surface area contributed by atoms with Crippen LogP contribution in [0.1, 0.15) is 19.8 Å². The minimum Gasteiger partial charge on any atom is -0.378 e. The van der Waals surface area contributed by atoms with E-state index >= 15 is 0 Å². The molecule has 0 bridgehead atoms. The molecule has 1 N–H and O–H groups in total. The summed E-state index contributed by atoms with van der Waals surface area (Å²) in [6.07, 6.45) is 3.36. The number of ether oxygens (including phenoxy) is 1. The van der Waals surface area contributed by atoms with Gasteiger partial charge in [-0.1, -0.05) is 0 Å². The summed E-state index contributed by atoms with van der Waals surface area (Å²) in [7, 11) is -3.21. The van der Waals surface area contributed by atoms with Gasteiger partial charge in [0.1, 0.15) is 0 Å². The summed E-state index contributed by atoms with van der Waals surface area (Å²) < 4.78 is 28.4. The monoisotopic (exact) mass is 340 g/mol. The lowest BCUT2D eigenvalue weighted by atomic mass is 10.1. The lowest BCUT2D eigenvalue weighted by Gasteiger charge is -2.31. The molecule has 2 rings (SSSR count). The van der Waals surface area contributed by atoms with Crippen LogP contribution in [0, 0.1) is 0 Å². The standard InChI is InChI=1S/C16H24N2O4S/c1-3-22-14-8-10-18(11-9-14)12-16(19)17-13-4-6-15(7-5-13)23(2,20)21/h4-7,14H,3,8-12H2,1-2H3,(H,17,19). The molecule has 0 radical (unpaired) electrons. The Hall–Kier alpha value is -1.44. The minimum absolute atomic E-state index is 0.0908. The highest BCUT2D eigenvalue weighted by Crippen LogP contribution is 2.15. The largest absolute Gasteiger partial charge is 0.378 e. The van der Waals surface area contributed by atoms with Crippen molar-refractivity contribution in [3.63, 3.8) is 0 Å². The zero-order chi connectivity index (χ0) is 16.9. The van der Waals surface area contributed by atoms with Gasteiger partial charge in [0, 0.05) is 31.6 Å². The highest BCUT2D eigenvalue weighted by atomic mass is 32.2. The quantitative estimate of drug-likeness (QED) is 0.850. The molecule has 1 aromatic rings. The van der Waals surface area contributed by atoms with E-state index in [1.165, 1.54) is 12.1 Å². The Labute approximate surface area is 137 Å². The molecule has 1 amide bonds. The molecule has 0 spiro atoms. The minimum atomic E-state index is -3.21. The van der Waals surface area contributed by atoms with E-state index in [0.29, 0.717) is 18.3 Å². The Morgan fingerprint density at radius 3 is 2.39 bits per heavy atom. The molecule has 0 aliphatic carbocycles. The van der Waals surface area contributed by atoms with Gasteiger partial charge in [-0.05, 0) is 44.0 Å². The number of likely N-dealkylation sites (tertiary alicyclic amines) is 1. The second kappa shape index (κ2) is 7.90. The maximum absolute atomic E-state index is 12.1. The predicted molar refractivity (Wildman–Crippen MR) is 89.3 cm³/mol. The van der Waals surface area contributed by atoms with Gasteiger partial charge in [0.2, 0.25) is 5.91 Å². The van der Waals surface area contributed by atoms with Crippen LogP contribution >= 0.6 is 0 Å². The molecular formula is C16H24N2O4S. The third-order valence-corrected chi connectivity index (χ3v) is 5.00. The number of amides is 1. The fourth-order valence-corrected chi connectivity index (χ4v) is 3.29. The smallest absolute Gasteiger partial charge is 0.238 e. The summed E-state index contributed by atoms with van der Waals surface area (Å²) >= 11 is 0. The van der Waals surface area contributed by atoms with Crippen molar-refractivity contribution in [2.45, 2.75) is 30.8 Å². The second-order valence-electron chi connectivity index (χ2n) is 5.78. The van der Waals surface area contributed by atoms with E-state index < -0.39 is 9.84 Å². The van der Waals surface area contributed by atoms with Crippen LogP contribution in [0.2, 0.25) is 0 Å². The van der Waals surface area contributed by atoms with Crippen LogP contribution < -0.4 is 5.32 Å². The normalized spacial score (nSPS) is 17.1. The SMILES string of the molecule is CCOC1CCN(CC(=O)Nc2ccc(S(C)(=O)=O)cc2)CC1. The molecule has 1 saturated heterocycles. The molecule has 7 heteroatoms. The fourth-order valence-electron chi connectivity index (χ4n) is 2.66. The van der Waals surface area contributed by atoms with Gasteiger partial charge in [0.15, 0.2) is 9.84 Å². The topological polar surface area (TPSA) is 75.7 Å². The van der Waals surface area contributed by atoms with Gasteiger partial charge in [-0.25, -0.2) is 8.42 Å². The van der Waals surface area contributed by atoms with E-state index in [1.807, 2.05) is 6.92 Å². The van der Waals surface area contributed by atoms with Crippen molar-refractivity contribution in [1.82, 2.24) is 4.90 Å². The molecule has 0 aromatic heterocycles. The first-order valence-corrected chi connectivity index (χ1v) is 9.71. The number of carbonyl (C=O) groups excluding carboxylic acids is 1. The van der Waals surface area contributed by atoms with Crippen molar-refractivity contribution in [2.75, 3.05) is 37.8 Å². The summed E-state index contributed by atoms with van der Waals surface area (Å²) in [5, 5.41) is 2.80. The third kappa shape index (κ3) is 5.60. The van der Waals surface area contributed by atoms with Crippen LogP contribution in [-0.2, 0) is 19.4 Å². The Kier molecular flexibility index (Phi) is 6.15. The summed E-state index contributed by atoms with van der Waals surface area (Å²) in [6.45, 7) is 4.77. The molecule has 0 atom stereocenters. The van der Waals surface area contributed by atoms with Crippen LogP contribution in [0.15, 0.2) is 29.2 Å². The van der Waals surface area contributed by atoms with E-state index in [4.69, 9.17) is 4.74 Å². The number of nitrogens with one attached hydrogen (secondary N) is 1. The van der Waals surface area contributed by atoms with E-state index in [2.05, 4.69) is 10.2 Å². The number of anilines is 1. The molecule has 1 aliphatic heterocycles. The molecule has 6 nitrogen and oxygen atoms in total. The maximum atomic E-state index is 12.1. The highest BCUT2D eigenvalue weighted by molar-refractivity contribution is 7.90. The average Bonchev–Trinajstić information content (AvgIpc) is 2.49. The van der Waals surface area contributed by atoms with Crippen molar-refractivity contribution >= 4 is 21.4 Å². The van der Waals surface area contributed by atoms with Gasteiger partial charge in [-0.2, -0.15) is 0 Å². The first-order chi connectivity index (χ1) is 10.9. The average molecular weight is 340 g/mol. The number of sulfone groups is 1. The predicted octanol–water partition coefficient (Wildman–Crippen LogP) is 1.53. The van der Waals surface area contributed by atoms with Crippen LogP contribution in [0.25, 0.3) is 0 Å². The lowest BCUT2D eigenvalue weighted by molar-refractivity contribution is -0.118. The zero-order valence-electron chi connectivity index (χ0n) is 13.6. The van der Waals surface area contributed by atoms with E-state index in [-0.39, 0.29) is 10.8 Å². The molecule has 1 aromatic carbocycles. The van der Waals surface area contributed by atoms with Crippen LogP contribution in [0.3, 0.4) is 0 Å². The summed E-state index contributed by atoms with van der Waals surface area (Å²) in [4.78, 5) is 14.4. The lowest BCUT2D eigenvalue weighted by Crippen LogP contribution is -2.41. The molecule has 0 unspecified atom stereocenters. The summed E-state index contributed by atoms with van der Waals surface area (Å²) in [5.41, 5.74) is 0.603. The molecular weight excluding hydrogens is 316 g/mol. The van der Waals surface area contributed by atoms with Gasteiger partial charge in [-0.3, -0.25) is 9.69 Å². The van der Waals surface area contributed by atoms with Crippen LogP contribution in [0.5, 0.6) is 0 Å². The highest BCUT2D eigenvalue weighted by Gasteiger charge is 2.20. The van der Waals surface area contributed by atoms with Gasteiger partial charge in [-0.15, -0.1) is 0 Å². The maximum Gasteiger partial charge on any atom is 0.238 e. The van der Waals surface area contributed by atoms with E-state index in [1.54, 1.807) is 12.1 Å².